The van der Waals surface area contributed by atoms with Crippen LogP contribution < -0.4 is 10.6 Å². The number of hydrogen-bond acceptors (Lipinski definition) is 3. The van der Waals surface area contributed by atoms with Gasteiger partial charge in [0.15, 0.2) is 0 Å². The molecule has 3 rings (SSSR count). The molecule has 24 heavy (non-hydrogen) atoms. The molecule has 2 aliphatic rings. The smallest absolute Gasteiger partial charge is 0.228 e. The summed E-state index contributed by atoms with van der Waals surface area (Å²) in [5.41, 5.74) is 1.64. The fraction of sp³-hybridized carbons (Fsp3) is 0.579. The van der Waals surface area contributed by atoms with Crippen LogP contribution in [0.1, 0.15) is 56.4 Å². The highest BCUT2D eigenvalue weighted by atomic mass is 16.5. The average Bonchev–Trinajstić information content (AvgIpc) is 2.61. The van der Waals surface area contributed by atoms with Crippen LogP contribution in [0.2, 0.25) is 0 Å². The number of hydrogen-bond donors (Lipinski definition) is 2. The monoisotopic (exact) mass is 330 g/mol. The maximum absolute atomic E-state index is 12.4. The fourth-order valence-electron chi connectivity index (χ4n) is 3.53. The Morgan fingerprint density at radius 2 is 2.00 bits per heavy atom. The molecule has 130 valence electrons. The van der Waals surface area contributed by atoms with Gasteiger partial charge in [-0.2, -0.15) is 0 Å². The predicted molar refractivity (Wildman–Crippen MR) is 92.9 cm³/mol. The second kappa shape index (κ2) is 8.29. The van der Waals surface area contributed by atoms with Gasteiger partial charge in [0.2, 0.25) is 11.8 Å². The molecule has 0 saturated heterocycles. The molecule has 0 aromatic heterocycles. The van der Waals surface area contributed by atoms with Gasteiger partial charge >= 0.3 is 0 Å². The van der Waals surface area contributed by atoms with Crippen LogP contribution in [0.4, 0.5) is 5.69 Å². The summed E-state index contributed by atoms with van der Waals surface area (Å²) in [6.07, 6.45) is 7.62. The van der Waals surface area contributed by atoms with Crippen LogP contribution in [-0.4, -0.2) is 31.1 Å². The molecular weight excluding hydrogens is 304 g/mol. The second-order valence-electron chi connectivity index (χ2n) is 6.67. The third-order valence-electron chi connectivity index (χ3n) is 4.84. The Morgan fingerprint density at radius 3 is 2.83 bits per heavy atom. The number of nitrogens with one attached hydrogen (secondary N) is 2. The largest absolute Gasteiger partial charge is 0.378 e. The maximum atomic E-state index is 12.4. The fourth-order valence-corrected chi connectivity index (χ4v) is 3.53. The first-order chi connectivity index (χ1) is 11.7. The number of rotatable bonds is 6. The van der Waals surface area contributed by atoms with Crippen molar-refractivity contribution in [2.45, 2.75) is 57.0 Å². The molecule has 1 saturated carbocycles. The molecule has 0 radical (unpaired) electrons. The number of para-hydroxylation sites is 1. The molecule has 1 atom stereocenters. The zero-order valence-corrected chi connectivity index (χ0v) is 14.1. The zero-order chi connectivity index (χ0) is 16.8. The molecule has 1 aliphatic heterocycles. The summed E-state index contributed by atoms with van der Waals surface area (Å²) >= 11 is 0. The van der Waals surface area contributed by atoms with Crippen LogP contribution in [0.25, 0.3) is 0 Å². The van der Waals surface area contributed by atoms with E-state index in [0.29, 0.717) is 19.3 Å². The topological polar surface area (TPSA) is 67.4 Å². The highest BCUT2D eigenvalue weighted by Crippen LogP contribution is 2.31. The first kappa shape index (κ1) is 17.0. The molecular formula is C19H26N2O3. The minimum atomic E-state index is -0.394. The Balaban J connectivity index is 1.43. The Labute approximate surface area is 143 Å². The van der Waals surface area contributed by atoms with E-state index < -0.39 is 5.92 Å². The van der Waals surface area contributed by atoms with Gasteiger partial charge in [-0.1, -0.05) is 37.5 Å². The SMILES string of the molecule is O=C1CC(C(=O)NCCCOC2CCCCC2)c2ccccc2N1. The Morgan fingerprint density at radius 1 is 1.21 bits per heavy atom. The number of benzene rings is 1. The molecule has 1 aliphatic carbocycles. The van der Waals surface area contributed by atoms with Gasteiger partial charge in [-0.3, -0.25) is 9.59 Å². The Kier molecular flexibility index (Phi) is 5.86. The predicted octanol–water partition coefficient (Wildman–Crippen LogP) is 2.97. The molecule has 2 amide bonds. The van der Waals surface area contributed by atoms with Crippen molar-refractivity contribution < 1.29 is 14.3 Å². The van der Waals surface area contributed by atoms with E-state index in [9.17, 15) is 9.59 Å². The summed E-state index contributed by atoms with van der Waals surface area (Å²) in [4.78, 5) is 24.2. The lowest BCUT2D eigenvalue weighted by molar-refractivity contribution is -0.126. The van der Waals surface area contributed by atoms with Gasteiger partial charge < -0.3 is 15.4 Å². The molecule has 5 heteroatoms. The quantitative estimate of drug-likeness (QED) is 0.788. The van der Waals surface area contributed by atoms with Crippen molar-refractivity contribution >= 4 is 17.5 Å². The number of ether oxygens (including phenoxy) is 1. The van der Waals surface area contributed by atoms with Gasteiger partial charge in [0.05, 0.1) is 12.0 Å². The molecule has 1 fully saturated rings. The van der Waals surface area contributed by atoms with Crippen molar-refractivity contribution in [3.8, 4) is 0 Å². The third-order valence-corrected chi connectivity index (χ3v) is 4.84. The van der Waals surface area contributed by atoms with Crippen LogP contribution in [0.15, 0.2) is 24.3 Å². The van der Waals surface area contributed by atoms with Crippen LogP contribution in [0.3, 0.4) is 0 Å². The van der Waals surface area contributed by atoms with Gasteiger partial charge in [-0.25, -0.2) is 0 Å². The second-order valence-corrected chi connectivity index (χ2v) is 6.67. The Bertz CT molecular complexity index is 582. The highest BCUT2D eigenvalue weighted by molar-refractivity contribution is 6.01. The molecule has 1 aromatic rings. The summed E-state index contributed by atoms with van der Waals surface area (Å²) in [5, 5.41) is 5.77. The summed E-state index contributed by atoms with van der Waals surface area (Å²) in [6.45, 7) is 1.28. The summed E-state index contributed by atoms with van der Waals surface area (Å²) < 4.78 is 5.87. The lowest BCUT2D eigenvalue weighted by Crippen LogP contribution is -2.35. The van der Waals surface area contributed by atoms with E-state index in [1.165, 1.54) is 32.1 Å². The Hall–Kier alpha value is -1.88. The normalized spacial score (nSPS) is 21.0. The van der Waals surface area contributed by atoms with Gasteiger partial charge in [-0.15, -0.1) is 0 Å². The molecule has 0 bridgehead atoms. The van der Waals surface area contributed by atoms with Crippen molar-refractivity contribution in [2.24, 2.45) is 0 Å². The molecule has 1 aromatic carbocycles. The van der Waals surface area contributed by atoms with Crippen molar-refractivity contribution in [1.82, 2.24) is 5.32 Å². The van der Waals surface area contributed by atoms with Crippen molar-refractivity contribution in [3.63, 3.8) is 0 Å². The van der Waals surface area contributed by atoms with Crippen LogP contribution in [0, 0.1) is 0 Å². The zero-order valence-electron chi connectivity index (χ0n) is 14.1. The minimum absolute atomic E-state index is 0.0741. The molecule has 0 spiro atoms. The summed E-state index contributed by atoms with van der Waals surface area (Å²) in [7, 11) is 0. The van der Waals surface area contributed by atoms with Gasteiger partial charge in [0.25, 0.3) is 0 Å². The minimum Gasteiger partial charge on any atom is -0.378 e. The van der Waals surface area contributed by atoms with Gasteiger partial charge in [0, 0.05) is 25.3 Å². The van der Waals surface area contributed by atoms with E-state index in [2.05, 4.69) is 10.6 Å². The van der Waals surface area contributed by atoms with E-state index in [-0.39, 0.29) is 18.2 Å². The number of amides is 2. The molecule has 2 N–H and O–H groups in total. The summed E-state index contributed by atoms with van der Waals surface area (Å²) in [6, 6.07) is 7.51. The van der Waals surface area contributed by atoms with E-state index >= 15 is 0 Å². The van der Waals surface area contributed by atoms with E-state index in [1.54, 1.807) is 0 Å². The lowest BCUT2D eigenvalue weighted by Gasteiger charge is -2.25. The van der Waals surface area contributed by atoms with Crippen LogP contribution in [-0.2, 0) is 14.3 Å². The first-order valence-electron chi connectivity index (χ1n) is 9.02. The number of carbonyl (C=O) groups excluding carboxylic acids is 2. The number of anilines is 1. The van der Waals surface area contributed by atoms with Crippen LogP contribution in [0.5, 0.6) is 0 Å². The van der Waals surface area contributed by atoms with Gasteiger partial charge in [0.1, 0.15) is 0 Å². The standard InChI is InChI=1S/C19H26N2O3/c22-18-13-16(15-9-4-5-10-17(15)21-18)19(23)20-11-6-12-24-14-7-2-1-3-8-14/h4-5,9-10,14,16H,1-3,6-8,11-13H2,(H,20,23)(H,21,22). The highest BCUT2D eigenvalue weighted by Gasteiger charge is 2.30. The number of carbonyl (C=O) groups is 2. The van der Waals surface area contributed by atoms with Crippen molar-refractivity contribution in [2.75, 3.05) is 18.5 Å². The molecule has 1 unspecified atom stereocenters. The third kappa shape index (κ3) is 4.35. The molecule has 1 heterocycles. The lowest BCUT2D eigenvalue weighted by atomic mass is 9.90. The maximum Gasteiger partial charge on any atom is 0.228 e. The molecule has 5 nitrogen and oxygen atoms in total. The van der Waals surface area contributed by atoms with E-state index in [0.717, 1.165) is 17.7 Å². The van der Waals surface area contributed by atoms with Gasteiger partial charge in [-0.05, 0) is 30.9 Å². The van der Waals surface area contributed by atoms with E-state index in [1.807, 2.05) is 24.3 Å². The van der Waals surface area contributed by atoms with Crippen LogP contribution >= 0.6 is 0 Å². The number of fused-ring (bicyclic) bond motifs is 1. The first-order valence-corrected chi connectivity index (χ1v) is 9.02. The average molecular weight is 330 g/mol. The summed E-state index contributed by atoms with van der Waals surface area (Å²) in [5.74, 6) is -0.571. The van der Waals surface area contributed by atoms with Crippen molar-refractivity contribution in [3.05, 3.63) is 29.8 Å². The van der Waals surface area contributed by atoms with E-state index in [4.69, 9.17) is 4.74 Å². The van der Waals surface area contributed by atoms with Crippen molar-refractivity contribution in [1.29, 1.82) is 0 Å².